The SMILES string of the molecule is CCC(I)C(=O)[O-].[Na+]. The van der Waals surface area contributed by atoms with Crippen LogP contribution in [0.4, 0.5) is 0 Å². The van der Waals surface area contributed by atoms with Gasteiger partial charge in [0.25, 0.3) is 0 Å². The molecule has 2 nitrogen and oxygen atoms in total. The van der Waals surface area contributed by atoms with Gasteiger partial charge in [-0.2, -0.15) is 0 Å². The van der Waals surface area contributed by atoms with Gasteiger partial charge in [-0.3, -0.25) is 0 Å². The third-order valence-corrected chi connectivity index (χ3v) is 2.00. The van der Waals surface area contributed by atoms with Gasteiger partial charge >= 0.3 is 29.6 Å². The molecular formula is C4H6INaO2. The van der Waals surface area contributed by atoms with E-state index in [0.29, 0.717) is 6.42 Å². The van der Waals surface area contributed by atoms with Gasteiger partial charge in [-0.15, -0.1) is 0 Å². The molecule has 0 aliphatic heterocycles. The van der Waals surface area contributed by atoms with Crippen molar-refractivity contribution >= 4 is 28.6 Å². The molecule has 0 heterocycles. The molecule has 0 spiro atoms. The molecule has 0 fully saturated rings. The maximum absolute atomic E-state index is 9.81. The van der Waals surface area contributed by atoms with E-state index < -0.39 is 5.97 Å². The average Bonchev–Trinajstić information content (AvgIpc) is 1.65. The first-order valence-electron chi connectivity index (χ1n) is 2.03. The Bertz CT molecular complexity index is 76.4. The number of alkyl halides is 1. The number of carboxylic acid groups (broad SMARTS) is 1. The van der Waals surface area contributed by atoms with Crippen LogP contribution in [0.5, 0.6) is 0 Å². The zero-order chi connectivity index (χ0) is 5.86. The van der Waals surface area contributed by atoms with Crippen LogP contribution >= 0.6 is 22.6 Å². The molecule has 1 atom stereocenters. The van der Waals surface area contributed by atoms with E-state index in [0.717, 1.165) is 0 Å². The van der Waals surface area contributed by atoms with Crippen molar-refractivity contribution in [2.24, 2.45) is 0 Å². The fourth-order valence-electron chi connectivity index (χ4n) is 0.167. The minimum absolute atomic E-state index is 0. The largest absolute Gasteiger partial charge is 1.00 e. The van der Waals surface area contributed by atoms with Crippen molar-refractivity contribution in [1.82, 2.24) is 0 Å². The van der Waals surface area contributed by atoms with E-state index in [4.69, 9.17) is 0 Å². The third-order valence-electron chi connectivity index (χ3n) is 0.614. The third kappa shape index (κ3) is 5.34. The molecular weight excluding hydrogens is 230 g/mol. The zero-order valence-electron chi connectivity index (χ0n) is 4.98. The van der Waals surface area contributed by atoms with Crippen molar-refractivity contribution in [3.05, 3.63) is 0 Å². The van der Waals surface area contributed by atoms with Crippen LogP contribution in [-0.4, -0.2) is 9.89 Å². The summed E-state index contributed by atoms with van der Waals surface area (Å²) in [4.78, 5) is 9.81. The van der Waals surface area contributed by atoms with Crippen LogP contribution < -0.4 is 34.7 Å². The standard InChI is InChI=1S/C4H7IO2.Na/c1-2-3(5)4(6)7;/h3H,2H2,1H3,(H,6,7);/q;+1/p-1. The molecule has 0 rings (SSSR count). The van der Waals surface area contributed by atoms with E-state index in [9.17, 15) is 9.90 Å². The Labute approximate surface area is 84.5 Å². The van der Waals surface area contributed by atoms with Gasteiger partial charge in [0, 0.05) is 0 Å². The van der Waals surface area contributed by atoms with E-state index in [1.165, 1.54) is 0 Å². The Morgan fingerprint density at radius 1 is 1.88 bits per heavy atom. The molecule has 0 saturated carbocycles. The molecule has 1 unspecified atom stereocenters. The van der Waals surface area contributed by atoms with Crippen LogP contribution in [-0.2, 0) is 4.79 Å². The fourth-order valence-corrected chi connectivity index (χ4v) is 0.167. The van der Waals surface area contributed by atoms with Gasteiger partial charge in [0.1, 0.15) is 0 Å². The second-order valence-electron chi connectivity index (χ2n) is 1.19. The van der Waals surface area contributed by atoms with E-state index >= 15 is 0 Å². The minimum Gasteiger partial charge on any atom is -0.549 e. The Morgan fingerprint density at radius 2 is 2.25 bits per heavy atom. The van der Waals surface area contributed by atoms with Crippen molar-refractivity contribution in [3.63, 3.8) is 0 Å². The smallest absolute Gasteiger partial charge is 0.549 e. The van der Waals surface area contributed by atoms with E-state index in [-0.39, 0.29) is 33.5 Å². The molecule has 0 radical (unpaired) electrons. The first kappa shape index (κ1) is 11.9. The summed E-state index contributed by atoms with van der Waals surface area (Å²) >= 11 is 1.83. The quantitative estimate of drug-likeness (QED) is 0.290. The van der Waals surface area contributed by atoms with Gasteiger partial charge in [0.05, 0.1) is 9.89 Å². The van der Waals surface area contributed by atoms with Crippen molar-refractivity contribution in [1.29, 1.82) is 0 Å². The number of hydrogen-bond donors (Lipinski definition) is 0. The zero-order valence-corrected chi connectivity index (χ0v) is 9.14. The Balaban J connectivity index is 0. The van der Waals surface area contributed by atoms with Crippen molar-refractivity contribution in [2.75, 3.05) is 0 Å². The molecule has 0 bridgehead atoms. The Morgan fingerprint density at radius 3 is 2.25 bits per heavy atom. The summed E-state index contributed by atoms with van der Waals surface area (Å²) in [5.74, 6) is -0.969. The fraction of sp³-hybridized carbons (Fsp3) is 0.750. The monoisotopic (exact) mass is 236 g/mol. The second-order valence-corrected chi connectivity index (χ2v) is 2.70. The van der Waals surface area contributed by atoms with Crippen molar-refractivity contribution in [2.45, 2.75) is 17.3 Å². The molecule has 0 aromatic rings. The Hall–Kier alpha value is 1.20. The van der Waals surface area contributed by atoms with Crippen LogP contribution in [0.2, 0.25) is 0 Å². The number of rotatable bonds is 2. The topological polar surface area (TPSA) is 40.1 Å². The molecule has 0 aliphatic rings. The van der Waals surface area contributed by atoms with Crippen LogP contribution in [0, 0.1) is 0 Å². The number of carbonyl (C=O) groups excluding carboxylic acids is 1. The number of carboxylic acids is 1. The van der Waals surface area contributed by atoms with Gasteiger partial charge < -0.3 is 9.90 Å². The van der Waals surface area contributed by atoms with Gasteiger partial charge in [-0.25, -0.2) is 0 Å². The van der Waals surface area contributed by atoms with E-state index in [2.05, 4.69) is 0 Å². The predicted molar refractivity (Wildman–Crippen MR) is 33.1 cm³/mol. The van der Waals surface area contributed by atoms with Crippen molar-refractivity contribution < 1.29 is 39.5 Å². The average molecular weight is 236 g/mol. The minimum atomic E-state index is -0.969. The summed E-state index contributed by atoms with van der Waals surface area (Å²) < 4.78 is -0.322. The van der Waals surface area contributed by atoms with Crippen molar-refractivity contribution in [3.8, 4) is 0 Å². The summed E-state index contributed by atoms with van der Waals surface area (Å²) in [5.41, 5.74) is 0. The molecule has 0 aliphatic carbocycles. The number of aliphatic carboxylic acids is 1. The summed E-state index contributed by atoms with van der Waals surface area (Å²) in [6.07, 6.45) is 0.642. The van der Waals surface area contributed by atoms with Crippen LogP contribution in [0.3, 0.4) is 0 Å². The van der Waals surface area contributed by atoms with Crippen LogP contribution in [0.1, 0.15) is 13.3 Å². The summed E-state index contributed by atoms with van der Waals surface area (Å²) in [6.45, 7) is 1.81. The normalized spacial score (nSPS) is 11.8. The molecule has 8 heavy (non-hydrogen) atoms. The number of halogens is 1. The summed E-state index contributed by atoms with van der Waals surface area (Å²) in [7, 11) is 0. The summed E-state index contributed by atoms with van der Waals surface area (Å²) in [6, 6.07) is 0. The molecule has 0 saturated heterocycles. The Kier molecular flexibility index (Phi) is 9.43. The number of hydrogen-bond acceptors (Lipinski definition) is 2. The summed E-state index contributed by atoms with van der Waals surface area (Å²) in [5, 5.41) is 9.81. The number of carbonyl (C=O) groups is 1. The van der Waals surface area contributed by atoms with E-state index in [1.54, 1.807) is 0 Å². The molecule has 0 N–H and O–H groups in total. The molecule has 0 amide bonds. The molecule has 0 aromatic carbocycles. The first-order valence-corrected chi connectivity index (χ1v) is 3.28. The van der Waals surface area contributed by atoms with Crippen LogP contribution in [0.15, 0.2) is 0 Å². The van der Waals surface area contributed by atoms with Crippen LogP contribution in [0.25, 0.3) is 0 Å². The maximum Gasteiger partial charge on any atom is 1.00 e. The first-order chi connectivity index (χ1) is 3.18. The maximum atomic E-state index is 9.81. The molecule has 42 valence electrons. The van der Waals surface area contributed by atoms with Gasteiger partial charge in [-0.1, -0.05) is 29.5 Å². The van der Waals surface area contributed by atoms with Gasteiger partial charge in [0.15, 0.2) is 0 Å². The van der Waals surface area contributed by atoms with E-state index in [1.807, 2.05) is 29.5 Å². The molecule has 4 heteroatoms. The predicted octanol–water partition coefficient (Wildman–Crippen LogP) is -3.05. The molecule has 0 aromatic heterocycles. The van der Waals surface area contributed by atoms with Gasteiger partial charge in [0.2, 0.25) is 0 Å². The second kappa shape index (κ2) is 6.32. The van der Waals surface area contributed by atoms with Gasteiger partial charge in [-0.05, 0) is 6.42 Å².